The first-order valence-corrected chi connectivity index (χ1v) is 13.5. The van der Waals surface area contributed by atoms with E-state index in [1.54, 1.807) is 9.80 Å². The summed E-state index contributed by atoms with van der Waals surface area (Å²) in [7, 11) is 0. The van der Waals surface area contributed by atoms with Gasteiger partial charge in [-0.2, -0.15) is 0 Å². The van der Waals surface area contributed by atoms with E-state index in [0.29, 0.717) is 19.4 Å². The minimum atomic E-state index is -0.949. The summed E-state index contributed by atoms with van der Waals surface area (Å²) >= 11 is 1.53. The Morgan fingerprint density at radius 2 is 1.83 bits per heavy atom. The summed E-state index contributed by atoms with van der Waals surface area (Å²) in [5, 5.41) is 10.3. The van der Waals surface area contributed by atoms with Crippen LogP contribution < -0.4 is 4.90 Å². The third-order valence-corrected chi connectivity index (χ3v) is 10.0. The van der Waals surface area contributed by atoms with Crippen molar-refractivity contribution in [2.75, 3.05) is 24.7 Å². The molecule has 1 aromatic rings. The van der Waals surface area contributed by atoms with E-state index in [2.05, 4.69) is 0 Å². The number of amides is 2. The third-order valence-electron chi connectivity index (χ3n) is 8.24. The van der Waals surface area contributed by atoms with Crippen LogP contribution in [0.2, 0.25) is 0 Å². The molecule has 0 bridgehead atoms. The van der Waals surface area contributed by atoms with Gasteiger partial charge in [0.15, 0.2) is 0 Å². The van der Waals surface area contributed by atoms with Crippen LogP contribution in [-0.4, -0.2) is 69.1 Å². The molecule has 2 amide bonds. The molecular weight excluding hydrogens is 476 g/mol. The van der Waals surface area contributed by atoms with Crippen molar-refractivity contribution in [3.63, 3.8) is 0 Å². The van der Waals surface area contributed by atoms with E-state index in [4.69, 9.17) is 4.74 Å². The van der Waals surface area contributed by atoms with E-state index in [1.165, 1.54) is 11.8 Å². The Morgan fingerprint density at radius 3 is 2.50 bits per heavy atom. The molecule has 0 aromatic heterocycles. The minimum absolute atomic E-state index is 0.178. The van der Waals surface area contributed by atoms with Crippen LogP contribution in [0.4, 0.5) is 5.69 Å². The first-order valence-electron chi connectivity index (χ1n) is 12.7. The summed E-state index contributed by atoms with van der Waals surface area (Å²) in [6.07, 6.45) is 9.12. The van der Waals surface area contributed by atoms with Gasteiger partial charge in [0, 0.05) is 17.0 Å². The third kappa shape index (κ3) is 3.48. The molecule has 4 aliphatic heterocycles. The fourth-order valence-corrected chi connectivity index (χ4v) is 8.81. The van der Waals surface area contributed by atoms with Gasteiger partial charge in [-0.3, -0.25) is 14.4 Å². The summed E-state index contributed by atoms with van der Waals surface area (Å²) < 4.78 is 3.94. The lowest BCUT2D eigenvalue weighted by atomic mass is 9.74. The van der Waals surface area contributed by atoms with Gasteiger partial charge < -0.3 is 19.6 Å². The molecular formula is C28H34N2O5S. The number of esters is 1. The highest BCUT2D eigenvalue weighted by atomic mass is 32.2. The number of rotatable bonds is 4. The first kappa shape index (κ1) is 25.1. The molecule has 192 valence electrons. The highest BCUT2D eigenvalue weighted by molar-refractivity contribution is 8.02. The van der Waals surface area contributed by atoms with E-state index >= 15 is 0 Å². The van der Waals surface area contributed by atoms with Gasteiger partial charge in [0.1, 0.15) is 6.04 Å². The maximum absolute atomic E-state index is 14.6. The van der Waals surface area contributed by atoms with Gasteiger partial charge in [0.2, 0.25) is 5.91 Å². The predicted octanol–water partition coefficient (Wildman–Crippen LogP) is 3.17. The second-order valence-corrected chi connectivity index (χ2v) is 12.2. The van der Waals surface area contributed by atoms with Crippen LogP contribution in [-0.2, 0) is 19.1 Å². The lowest BCUT2D eigenvalue weighted by Gasteiger charge is -2.40. The van der Waals surface area contributed by atoms with Crippen LogP contribution in [0.25, 0.3) is 0 Å². The number of carbonyl (C=O) groups excluding carboxylic acids is 3. The molecule has 4 aliphatic rings. The second kappa shape index (κ2) is 9.06. The average molecular weight is 511 g/mol. The van der Waals surface area contributed by atoms with Crippen molar-refractivity contribution in [3.05, 3.63) is 53.6 Å². The quantitative estimate of drug-likeness (QED) is 0.495. The highest BCUT2D eigenvalue weighted by Crippen LogP contribution is 2.65. The zero-order chi connectivity index (χ0) is 25.8. The molecule has 36 heavy (non-hydrogen) atoms. The molecule has 2 fully saturated rings. The largest absolute Gasteiger partial charge is 0.465 e. The molecule has 0 saturated carbocycles. The number of likely N-dealkylation sites (tertiary alicyclic amines) is 1. The van der Waals surface area contributed by atoms with Crippen molar-refractivity contribution >= 4 is 35.2 Å². The van der Waals surface area contributed by atoms with Gasteiger partial charge in [0.25, 0.3) is 5.91 Å². The zero-order valence-electron chi connectivity index (χ0n) is 21.3. The number of benzene rings is 1. The monoisotopic (exact) mass is 510 g/mol. The van der Waals surface area contributed by atoms with Crippen molar-refractivity contribution < 1.29 is 24.2 Å². The number of fused-ring (bicyclic) bond motifs is 2. The van der Waals surface area contributed by atoms with Crippen molar-refractivity contribution in [1.82, 2.24) is 4.90 Å². The average Bonchev–Trinajstić information content (AvgIpc) is 3.15. The molecule has 4 heterocycles. The van der Waals surface area contributed by atoms with E-state index < -0.39 is 33.4 Å². The van der Waals surface area contributed by atoms with Crippen LogP contribution in [0.15, 0.2) is 42.5 Å². The highest BCUT2D eigenvalue weighted by Gasteiger charge is 2.74. The van der Waals surface area contributed by atoms with Gasteiger partial charge in [-0.25, -0.2) is 0 Å². The fourth-order valence-electron chi connectivity index (χ4n) is 6.67. The summed E-state index contributed by atoms with van der Waals surface area (Å²) in [5.74, 6) is -2.30. The number of carbonyl (C=O) groups is 3. The van der Waals surface area contributed by atoms with E-state index in [0.717, 1.165) is 16.8 Å². The van der Waals surface area contributed by atoms with E-state index in [1.807, 2.05) is 70.2 Å². The Hall–Kier alpha value is -2.58. The Bertz CT molecular complexity index is 1140. The maximum Gasteiger partial charge on any atom is 0.311 e. The van der Waals surface area contributed by atoms with Crippen LogP contribution in [0, 0.1) is 25.7 Å². The van der Waals surface area contributed by atoms with E-state index in [-0.39, 0.29) is 31.0 Å². The lowest BCUT2D eigenvalue weighted by Crippen LogP contribution is -2.57. The number of para-hydroxylation sites is 1. The maximum atomic E-state index is 14.6. The van der Waals surface area contributed by atoms with Crippen LogP contribution in [0.5, 0.6) is 0 Å². The first-order chi connectivity index (χ1) is 17.2. The second-order valence-electron chi connectivity index (χ2n) is 10.4. The zero-order valence-corrected chi connectivity index (χ0v) is 22.1. The van der Waals surface area contributed by atoms with E-state index in [9.17, 15) is 19.5 Å². The number of hydrogen-bond acceptors (Lipinski definition) is 6. The van der Waals surface area contributed by atoms with Crippen molar-refractivity contribution in [1.29, 1.82) is 0 Å². The predicted molar refractivity (Wildman–Crippen MR) is 140 cm³/mol. The van der Waals surface area contributed by atoms with Gasteiger partial charge in [-0.05, 0) is 44.7 Å². The number of nitrogens with zero attached hydrogens (tertiary/aromatic N) is 2. The summed E-state index contributed by atoms with van der Waals surface area (Å²) in [5.41, 5.74) is 2.80. The normalized spacial score (nSPS) is 34.5. The van der Waals surface area contributed by atoms with Gasteiger partial charge in [-0.1, -0.05) is 49.4 Å². The Labute approximate surface area is 216 Å². The molecule has 0 radical (unpaired) electrons. The molecule has 1 N–H and O–H groups in total. The minimum Gasteiger partial charge on any atom is -0.465 e. The van der Waals surface area contributed by atoms with Crippen LogP contribution >= 0.6 is 11.8 Å². The Balaban J connectivity index is 1.71. The van der Waals surface area contributed by atoms with Crippen molar-refractivity contribution in [2.24, 2.45) is 11.8 Å². The Kier molecular flexibility index (Phi) is 6.32. The lowest BCUT2D eigenvalue weighted by molar-refractivity contribution is -0.154. The number of cyclic esters (lactones) is 1. The van der Waals surface area contributed by atoms with Gasteiger partial charge in [0.05, 0.1) is 35.8 Å². The van der Waals surface area contributed by atoms with Crippen molar-refractivity contribution in [2.45, 2.75) is 62.1 Å². The van der Waals surface area contributed by atoms with Crippen LogP contribution in [0.3, 0.4) is 0 Å². The number of anilines is 1. The van der Waals surface area contributed by atoms with Gasteiger partial charge in [-0.15, -0.1) is 11.8 Å². The topological polar surface area (TPSA) is 87.2 Å². The fraction of sp³-hybridized carbons (Fsp3) is 0.536. The van der Waals surface area contributed by atoms with Crippen LogP contribution in [0.1, 0.15) is 37.8 Å². The molecule has 1 unspecified atom stereocenters. The summed E-state index contributed by atoms with van der Waals surface area (Å²) in [4.78, 5) is 45.5. The molecule has 8 heteroatoms. The smallest absolute Gasteiger partial charge is 0.311 e. The standard InChI is InChI=1S/C28H34N2O5S/c1-5-19(16-31)30-23-25(33)29(22-17(2)10-8-11-18(22)3)14-9-13-28(23)20(24(30)32)21-26(34)35-15-7-6-12-27(21,4)36-28/h6,8-13,19-21,23,31H,5,7,14-16H2,1-4H3/t19-,20-,21+,23?,27-,28-/m0/s1. The SMILES string of the molecule is CC[C@@H](CO)N1C(=O)[C@@H]2[C@@H]3C(=O)OCCC=C[C@]3(C)S[C@@]23C=CCN(c2c(C)cccc2C)C(=O)C13. The van der Waals surface area contributed by atoms with Crippen molar-refractivity contribution in [3.8, 4) is 0 Å². The molecule has 2 saturated heterocycles. The molecule has 6 atom stereocenters. The molecule has 5 rings (SSSR count). The Morgan fingerprint density at radius 1 is 1.11 bits per heavy atom. The number of aryl methyl sites for hydroxylation is 2. The number of thioether (sulfide) groups is 1. The summed E-state index contributed by atoms with van der Waals surface area (Å²) in [6, 6.07) is 4.57. The molecule has 7 nitrogen and oxygen atoms in total. The summed E-state index contributed by atoms with van der Waals surface area (Å²) in [6.45, 7) is 8.24. The number of hydrogen-bond donors (Lipinski definition) is 1. The molecule has 1 aromatic carbocycles. The molecule has 0 aliphatic carbocycles. The van der Waals surface area contributed by atoms with Gasteiger partial charge >= 0.3 is 5.97 Å². The number of ether oxygens (including phenoxy) is 1. The molecule has 1 spiro atoms. The number of aliphatic hydroxyl groups is 1. The number of aliphatic hydroxyl groups excluding tert-OH is 1.